The van der Waals surface area contributed by atoms with E-state index >= 15 is 0 Å². The fraction of sp³-hybridized carbons (Fsp3) is 0.545. The lowest BCUT2D eigenvalue weighted by molar-refractivity contribution is 0.235. The number of aromatic nitrogens is 1. The summed E-state index contributed by atoms with van der Waals surface area (Å²) in [7, 11) is 1.62. The Hall–Kier alpha value is -1.53. The van der Waals surface area contributed by atoms with Crippen LogP contribution in [0.3, 0.4) is 0 Å². The summed E-state index contributed by atoms with van der Waals surface area (Å²) in [6.45, 7) is 2.55. The first-order valence-corrected chi connectivity index (χ1v) is 5.63. The second-order valence-corrected chi connectivity index (χ2v) is 4.06. The van der Waals surface area contributed by atoms with Crippen LogP contribution in [0.2, 0.25) is 0 Å². The largest absolute Gasteiger partial charge is 0.494 e. The molecule has 0 aliphatic carbocycles. The van der Waals surface area contributed by atoms with Gasteiger partial charge in [-0.15, -0.1) is 0 Å². The third-order valence-electron chi connectivity index (χ3n) is 2.90. The third-order valence-corrected chi connectivity index (χ3v) is 2.90. The van der Waals surface area contributed by atoms with Crippen LogP contribution in [-0.2, 0) is 0 Å². The minimum Gasteiger partial charge on any atom is -0.494 e. The second kappa shape index (κ2) is 5.20. The van der Waals surface area contributed by atoms with Crippen molar-refractivity contribution in [3.63, 3.8) is 0 Å². The lowest BCUT2D eigenvalue weighted by atomic mass is 10.2. The summed E-state index contributed by atoms with van der Waals surface area (Å²) in [6.07, 6.45) is 1.72. The van der Waals surface area contributed by atoms with Crippen LogP contribution in [0, 0.1) is 0 Å². The molecule has 1 fully saturated rings. The lowest BCUT2D eigenvalue weighted by Gasteiger charge is -2.34. The van der Waals surface area contributed by atoms with Gasteiger partial charge in [-0.2, -0.15) is 0 Å². The summed E-state index contributed by atoms with van der Waals surface area (Å²) in [5.74, 6) is 1.16. The molecule has 1 aliphatic heterocycles. The van der Waals surface area contributed by atoms with Gasteiger partial charge in [0.25, 0.3) is 0 Å². The summed E-state index contributed by atoms with van der Waals surface area (Å²) in [4.78, 5) is 6.23. The number of nitrogen functional groups attached to an aromatic ring is 1. The van der Waals surface area contributed by atoms with Crippen molar-refractivity contribution in [1.29, 1.82) is 0 Å². The predicted octanol–water partition coefficient (Wildman–Crippen LogP) is -0.557. The third kappa shape index (κ3) is 2.59. The van der Waals surface area contributed by atoms with E-state index in [9.17, 15) is 5.11 Å². The van der Waals surface area contributed by atoms with Gasteiger partial charge in [0, 0.05) is 31.7 Å². The Morgan fingerprint density at radius 2 is 2.53 bits per heavy atom. The van der Waals surface area contributed by atoms with Gasteiger partial charge in [-0.05, 0) is 0 Å². The highest BCUT2D eigenvalue weighted by Gasteiger charge is 2.21. The van der Waals surface area contributed by atoms with E-state index in [2.05, 4.69) is 15.2 Å². The standard InChI is InChI=1S/C11H18N4O2/c1-17-10-4-11(12)14-5-9(10)15-3-2-13-8(6-15)7-16/h4-5,8,13,16H,2-3,6-7H2,1H3,(H2,12,14)/t8-/m1/s1. The first kappa shape index (κ1) is 11.9. The summed E-state index contributed by atoms with van der Waals surface area (Å²) in [5.41, 5.74) is 6.54. The molecule has 1 saturated heterocycles. The number of hydrogen-bond acceptors (Lipinski definition) is 6. The zero-order chi connectivity index (χ0) is 12.3. The SMILES string of the molecule is COc1cc(N)ncc1N1CCN[C@@H](CO)C1. The summed E-state index contributed by atoms with van der Waals surface area (Å²) in [5, 5.41) is 12.4. The Morgan fingerprint density at radius 3 is 3.24 bits per heavy atom. The van der Waals surface area contributed by atoms with E-state index in [0.29, 0.717) is 5.82 Å². The maximum absolute atomic E-state index is 9.17. The van der Waals surface area contributed by atoms with Crippen molar-refractivity contribution in [3.05, 3.63) is 12.3 Å². The van der Waals surface area contributed by atoms with E-state index in [1.54, 1.807) is 19.4 Å². The Balaban J connectivity index is 2.20. The normalized spacial score (nSPS) is 20.4. The van der Waals surface area contributed by atoms with Gasteiger partial charge in [-0.1, -0.05) is 0 Å². The number of pyridine rings is 1. The number of nitrogens with one attached hydrogen (secondary N) is 1. The zero-order valence-corrected chi connectivity index (χ0v) is 9.89. The molecule has 17 heavy (non-hydrogen) atoms. The average Bonchev–Trinajstić information content (AvgIpc) is 2.38. The van der Waals surface area contributed by atoms with Crippen molar-refractivity contribution < 1.29 is 9.84 Å². The van der Waals surface area contributed by atoms with Gasteiger partial charge in [0.1, 0.15) is 11.6 Å². The van der Waals surface area contributed by atoms with E-state index in [-0.39, 0.29) is 12.6 Å². The van der Waals surface area contributed by atoms with E-state index in [4.69, 9.17) is 10.5 Å². The Bertz CT molecular complexity index is 386. The highest BCUT2D eigenvalue weighted by atomic mass is 16.5. The molecule has 0 amide bonds. The first-order valence-electron chi connectivity index (χ1n) is 5.63. The van der Waals surface area contributed by atoms with Gasteiger partial charge >= 0.3 is 0 Å². The molecule has 6 heteroatoms. The number of hydrogen-bond donors (Lipinski definition) is 3. The van der Waals surface area contributed by atoms with Crippen LogP contribution in [-0.4, -0.2) is 49.5 Å². The topological polar surface area (TPSA) is 83.6 Å². The molecule has 0 saturated carbocycles. The fourth-order valence-corrected chi connectivity index (χ4v) is 2.01. The molecule has 2 rings (SSSR count). The Kier molecular flexibility index (Phi) is 3.65. The molecule has 0 bridgehead atoms. The molecule has 0 radical (unpaired) electrons. The molecule has 1 aliphatic rings. The van der Waals surface area contributed by atoms with Gasteiger partial charge in [-0.3, -0.25) is 0 Å². The van der Waals surface area contributed by atoms with Crippen LogP contribution in [0.5, 0.6) is 5.75 Å². The van der Waals surface area contributed by atoms with Crippen molar-refractivity contribution >= 4 is 11.5 Å². The molecule has 94 valence electrons. The van der Waals surface area contributed by atoms with Gasteiger partial charge in [0.05, 0.1) is 25.6 Å². The molecule has 6 nitrogen and oxygen atoms in total. The van der Waals surface area contributed by atoms with Crippen LogP contribution in [0.4, 0.5) is 11.5 Å². The van der Waals surface area contributed by atoms with E-state index < -0.39 is 0 Å². The second-order valence-electron chi connectivity index (χ2n) is 4.06. The van der Waals surface area contributed by atoms with Crippen molar-refractivity contribution in [2.75, 3.05) is 44.0 Å². The predicted molar refractivity (Wildman–Crippen MR) is 66.3 cm³/mol. The zero-order valence-electron chi connectivity index (χ0n) is 9.89. The Morgan fingerprint density at radius 1 is 1.71 bits per heavy atom. The molecule has 4 N–H and O–H groups in total. The van der Waals surface area contributed by atoms with Crippen LogP contribution in [0.1, 0.15) is 0 Å². The quantitative estimate of drug-likeness (QED) is 0.655. The number of methoxy groups -OCH3 is 1. The summed E-state index contributed by atoms with van der Waals surface area (Å²) < 4.78 is 5.30. The molecular weight excluding hydrogens is 220 g/mol. The Labute approximate surface area is 100 Å². The average molecular weight is 238 g/mol. The molecule has 1 aromatic rings. The number of aliphatic hydroxyl groups excluding tert-OH is 1. The highest BCUT2D eigenvalue weighted by molar-refractivity contribution is 5.60. The van der Waals surface area contributed by atoms with Crippen molar-refractivity contribution in [3.8, 4) is 5.75 Å². The van der Waals surface area contributed by atoms with Crippen LogP contribution < -0.4 is 20.7 Å². The fourth-order valence-electron chi connectivity index (χ4n) is 2.01. The number of piperazine rings is 1. The van der Waals surface area contributed by atoms with Crippen molar-refractivity contribution in [1.82, 2.24) is 10.3 Å². The number of aliphatic hydroxyl groups is 1. The van der Waals surface area contributed by atoms with Crippen LogP contribution in [0.15, 0.2) is 12.3 Å². The first-order chi connectivity index (χ1) is 8.24. The minimum absolute atomic E-state index is 0.0889. The molecule has 2 heterocycles. The number of ether oxygens (including phenoxy) is 1. The van der Waals surface area contributed by atoms with Crippen LogP contribution in [0.25, 0.3) is 0 Å². The van der Waals surface area contributed by atoms with Gasteiger partial charge in [0.2, 0.25) is 0 Å². The van der Waals surface area contributed by atoms with Gasteiger partial charge in [0.15, 0.2) is 0 Å². The van der Waals surface area contributed by atoms with Crippen LogP contribution >= 0.6 is 0 Å². The molecule has 0 aromatic carbocycles. The van der Waals surface area contributed by atoms with E-state index in [1.165, 1.54) is 0 Å². The number of rotatable bonds is 3. The van der Waals surface area contributed by atoms with Crippen molar-refractivity contribution in [2.24, 2.45) is 0 Å². The summed E-state index contributed by atoms with van der Waals surface area (Å²) >= 11 is 0. The number of nitrogens with zero attached hydrogens (tertiary/aromatic N) is 2. The molecular formula is C11H18N4O2. The minimum atomic E-state index is 0.0889. The highest BCUT2D eigenvalue weighted by Crippen LogP contribution is 2.29. The number of anilines is 2. The molecule has 1 aromatic heterocycles. The smallest absolute Gasteiger partial charge is 0.147 e. The van der Waals surface area contributed by atoms with E-state index in [1.807, 2.05) is 0 Å². The number of nitrogens with two attached hydrogens (primary N) is 1. The maximum Gasteiger partial charge on any atom is 0.147 e. The lowest BCUT2D eigenvalue weighted by Crippen LogP contribution is -2.52. The van der Waals surface area contributed by atoms with Gasteiger partial charge < -0.3 is 25.8 Å². The molecule has 0 spiro atoms. The van der Waals surface area contributed by atoms with E-state index in [0.717, 1.165) is 31.1 Å². The monoisotopic (exact) mass is 238 g/mol. The molecule has 1 atom stereocenters. The van der Waals surface area contributed by atoms with Crippen molar-refractivity contribution in [2.45, 2.75) is 6.04 Å². The summed E-state index contributed by atoms with van der Waals surface area (Å²) in [6, 6.07) is 1.80. The molecule has 0 unspecified atom stereocenters. The maximum atomic E-state index is 9.17. The van der Waals surface area contributed by atoms with Gasteiger partial charge in [-0.25, -0.2) is 4.98 Å².